The maximum Gasteiger partial charge on any atom is 0.224 e. The second-order valence-electron chi connectivity index (χ2n) is 5.29. The molecule has 2 aromatic carbocycles. The zero-order valence-corrected chi connectivity index (χ0v) is 14.3. The Balaban J connectivity index is 1.88. The van der Waals surface area contributed by atoms with Gasteiger partial charge >= 0.3 is 0 Å². The number of halogens is 1. The molecular formula is C17H14ClN5O2. The van der Waals surface area contributed by atoms with Crippen LogP contribution in [-0.4, -0.2) is 34.1 Å². The molecule has 0 fully saturated rings. The van der Waals surface area contributed by atoms with Crippen molar-refractivity contribution in [2.24, 2.45) is 0 Å². The number of anilines is 1. The molecule has 0 aliphatic carbocycles. The largest absolute Gasteiger partial charge is 0.493 e. The van der Waals surface area contributed by atoms with Gasteiger partial charge in [0.05, 0.1) is 31.4 Å². The Morgan fingerprint density at radius 3 is 2.60 bits per heavy atom. The van der Waals surface area contributed by atoms with Crippen LogP contribution in [0.3, 0.4) is 0 Å². The second kappa shape index (κ2) is 6.10. The van der Waals surface area contributed by atoms with Crippen molar-refractivity contribution in [3.8, 4) is 11.5 Å². The van der Waals surface area contributed by atoms with E-state index in [1.807, 2.05) is 24.3 Å². The molecule has 0 saturated carbocycles. The molecule has 7 nitrogen and oxygen atoms in total. The van der Waals surface area contributed by atoms with Crippen LogP contribution in [0.4, 0.5) is 5.82 Å². The first-order chi connectivity index (χ1) is 12.2. The fraction of sp³-hybridized carbons (Fsp3) is 0.118. The van der Waals surface area contributed by atoms with Crippen molar-refractivity contribution in [2.75, 3.05) is 19.6 Å². The lowest BCUT2D eigenvalue weighted by molar-refractivity contribution is 0.356. The second-order valence-corrected chi connectivity index (χ2v) is 5.63. The Morgan fingerprint density at radius 2 is 1.80 bits per heavy atom. The first-order valence-electron chi connectivity index (χ1n) is 7.48. The summed E-state index contributed by atoms with van der Waals surface area (Å²) < 4.78 is 10.7. The predicted octanol–water partition coefficient (Wildman–Crippen LogP) is 3.53. The van der Waals surface area contributed by atoms with Crippen LogP contribution >= 0.6 is 11.6 Å². The van der Waals surface area contributed by atoms with Crippen LogP contribution in [0.5, 0.6) is 11.5 Å². The molecule has 25 heavy (non-hydrogen) atoms. The molecule has 0 amide bonds. The van der Waals surface area contributed by atoms with Gasteiger partial charge in [-0.1, -0.05) is 18.2 Å². The first kappa shape index (κ1) is 15.5. The van der Waals surface area contributed by atoms with Gasteiger partial charge in [0.15, 0.2) is 17.3 Å². The van der Waals surface area contributed by atoms with Crippen LogP contribution in [0.25, 0.3) is 21.8 Å². The average Bonchev–Trinajstić information content (AvgIpc) is 3.03. The molecule has 0 spiro atoms. The number of fused-ring (bicyclic) bond motifs is 2. The summed E-state index contributed by atoms with van der Waals surface area (Å²) in [6, 6.07) is 11.4. The lowest BCUT2D eigenvalue weighted by atomic mass is 10.2. The molecule has 2 heterocycles. The molecule has 1 N–H and O–H groups in total. The molecule has 8 heteroatoms. The van der Waals surface area contributed by atoms with Gasteiger partial charge in [-0.25, -0.2) is 4.98 Å². The van der Waals surface area contributed by atoms with Gasteiger partial charge in [0.2, 0.25) is 5.28 Å². The summed E-state index contributed by atoms with van der Waals surface area (Å²) in [6.45, 7) is 0. The third kappa shape index (κ3) is 2.68. The van der Waals surface area contributed by atoms with E-state index in [9.17, 15) is 0 Å². The van der Waals surface area contributed by atoms with E-state index in [2.05, 4.69) is 20.5 Å². The van der Waals surface area contributed by atoms with E-state index in [-0.39, 0.29) is 5.28 Å². The van der Waals surface area contributed by atoms with Gasteiger partial charge in [-0.05, 0) is 23.7 Å². The first-order valence-corrected chi connectivity index (χ1v) is 7.86. The summed E-state index contributed by atoms with van der Waals surface area (Å²) in [6.07, 6.45) is 1.77. The third-order valence-electron chi connectivity index (χ3n) is 3.86. The molecule has 4 aromatic rings. The van der Waals surface area contributed by atoms with Crippen LogP contribution in [0.2, 0.25) is 5.28 Å². The maximum atomic E-state index is 6.09. The number of para-hydroxylation sites is 1. The Labute approximate surface area is 148 Å². The van der Waals surface area contributed by atoms with E-state index in [1.165, 1.54) is 0 Å². The Bertz CT molecular complexity index is 1080. The van der Waals surface area contributed by atoms with E-state index in [4.69, 9.17) is 21.1 Å². The Hall–Kier alpha value is -3.06. The van der Waals surface area contributed by atoms with Gasteiger partial charge in [0.1, 0.15) is 0 Å². The van der Waals surface area contributed by atoms with Gasteiger partial charge in [-0.15, -0.1) is 0 Å². The molecule has 0 atom stereocenters. The summed E-state index contributed by atoms with van der Waals surface area (Å²) in [7, 11) is 3.15. The number of nitrogens with zero attached hydrogens (tertiary/aromatic N) is 4. The van der Waals surface area contributed by atoms with Gasteiger partial charge in [-0.2, -0.15) is 14.9 Å². The van der Waals surface area contributed by atoms with Gasteiger partial charge in [0, 0.05) is 16.8 Å². The fourth-order valence-electron chi connectivity index (χ4n) is 2.67. The van der Waals surface area contributed by atoms with Gasteiger partial charge in [-0.3, -0.25) is 5.43 Å². The molecule has 2 aromatic heterocycles. The smallest absolute Gasteiger partial charge is 0.224 e. The molecule has 4 rings (SSSR count). The monoisotopic (exact) mass is 355 g/mol. The minimum atomic E-state index is 0.124. The Kier molecular flexibility index (Phi) is 3.77. The fourth-order valence-corrected chi connectivity index (χ4v) is 2.85. The molecule has 0 saturated heterocycles. The van der Waals surface area contributed by atoms with Crippen LogP contribution in [-0.2, 0) is 0 Å². The third-order valence-corrected chi connectivity index (χ3v) is 4.03. The highest BCUT2D eigenvalue weighted by atomic mass is 35.5. The van der Waals surface area contributed by atoms with Crippen molar-refractivity contribution in [3.63, 3.8) is 0 Å². The average molecular weight is 356 g/mol. The highest BCUT2D eigenvalue weighted by Gasteiger charge is 2.14. The summed E-state index contributed by atoms with van der Waals surface area (Å²) >= 11 is 6.09. The number of hydrogen-bond donors (Lipinski definition) is 1. The number of ether oxygens (including phenoxy) is 2. The summed E-state index contributed by atoms with van der Waals surface area (Å²) in [4.78, 5) is 10.2. The maximum absolute atomic E-state index is 6.09. The zero-order valence-electron chi connectivity index (χ0n) is 13.5. The van der Waals surface area contributed by atoms with Crippen molar-refractivity contribution >= 4 is 39.2 Å². The minimum absolute atomic E-state index is 0.124. The molecule has 0 unspecified atom stereocenters. The van der Waals surface area contributed by atoms with Crippen LogP contribution < -0.4 is 14.9 Å². The number of rotatable bonds is 4. The minimum Gasteiger partial charge on any atom is -0.493 e. The van der Waals surface area contributed by atoms with Crippen LogP contribution in [0.1, 0.15) is 0 Å². The number of hydrogen-bond acceptors (Lipinski definition) is 6. The van der Waals surface area contributed by atoms with Crippen LogP contribution in [0.15, 0.2) is 42.6 Å². The van der Waals surface area contributed by atoms with E-state index in [0.29, 0.717) is 22.8 Å². The normalized spacial score (nSPS) is 11.0. The zero-order chi connectivity index (χ0) is 17.4. The predicted molar refractivity (Wildman–Crippen MR) is 96.4 cm³/mol. The Morgan fingerprint density at radius 1 is 1.04 bits per heavy atom. The topological polar surface area (TPSA) is 74.1 Å². The summed E-state index contributed by atoms with van der Waals surface area (Å²) in [5.74, 6) is 1.67. The van der Waals surface area contributed by atoms with Crippen molar-refractivity contribution in [1.29, 1.82) is 0 Å². The van der Waals surface area contributed by atoms with Crippen molar-refractivity contribution in [1.82, 2.24) is 19.9 Å². The van der Waals surface area contributed by atoms with E-state index >= 15 is 0 Å². The van der Waals surface area contributed by atoms with E-state index in [1.54, 1.807) is 37.3 Å². The SMILES string of the molecule is COc1cc2nc(Cl)nc(Nn3ncc4ccccc43)c2cc1OC. The number of benzene rings is 2. The van der Waals surface area contributed by atoms with Crippen molar-refractivity contribution < 1.29 is 9.47 Å². The highest BCUT2D eigenvalue weighted by Crippen LogP contribution is 2.34. The van der Waals surface area contributed by atoms with E-state index < -0.39 is 0 Å². The molecular weight excluding hydrogens is 342 g/mol. The van der Waals surface area contributed by atoms with Crippen molar-refractivity contribution in [3.05, 3.63) is 47.9 Å². The number of aromatic nitrogens is 4. The van der Waals surface area contributed by atoms with Crippen LogP contribution in [0, 0.1) is 0 Å². The lowest BCUT2D eigenvalue weighted by Gasteiger charge is -2.13. The molecule has 0 bridgehead atoms. The quantitative estimate of drug-likeness (QED) is 0.564. The van der Waals surface area contributed by atoms with Crippen molar-refractivity contribution in [2.45, 2.75) is 0 Å². The number of nitrogens with one attached hydrogen (secondary N) is 1. The number of methoxy groups -OCH3 is 2. The highest BCUT2D eigenvalue weighted by molar-refractivity contribution is 6.28. The summed E-state index contributed by atoms with van der Waals surface area (Å²) in [5, 5.41) is 6.22. The molecule has 0 aliphatic rings. The molecule has 126 valence electrons. The van der Waals surface area contributed by atoms with Gasteiger partial charge in [0.25, 0.3) is 0 Å². The molecule has 0 aliphatic heterocycles. The summed E-state index contributed by atoms with van der Waals surface area (Å²) in [5.41, 5.74) is 4.73. The van der Waals surface area contributed by atoms with Gasteiger partial charge < -0.3 is 9.47 Å². The molecule has 0 radical (unpaired) electrons. The van der Waals surface area contributed by atoms with E-state index in [0.717, 1.165) is 16.3 Å². The lowest BCUT2D eigenvalue weighted by Crippen LogP contribution is -2.12. The standard InChI is InChI=1S/C17H14ClN5O2/c1-24-14-7-11-12(8-15(14)25-2)20-17(18)21-16(11)22-23-13-6-4-3-5-10(13)9-19-23/h3-9H,1-2H3,(H,20,21,22).